The van der Waals surface area contributed by atoms with Crippen LogP contribution in [0.4, 0.5) is 0 Å². The number of hydrogen-bond donors (Lipinski definition) is 0. The highest BCUT2D eigenvalue weighted by Crippen LogP contribution is 2.26. The normalized spacial score (nSPS) is 11.6. The minimum Gasteiger partial charge on any atom is -0.489 e. The van der Waals surface area contributed by atoms with Crippen LogP contribution in [0.3, 0.4) is 0 Å². The largest absolute Gasteiger partial charge is 0.489 e. The van der Waals surface area contributed by atoms with Crippen LogP contribution in [0.25, 0.3) is 11.0 Å². The van der Waals surface area contributed by atoms with Gasteiger partial charge in [0.15, 0.2) is 0 Å². The third-order valence-electron chi connectivity index (χ3n) is 3.75. The van der Waals surface area contributed by atoms with Gasteiger partial charge in [0.05, 0.1) is 0 Å². The average molecular weight is 312 g/mol. The number of ether oxygens (including phenoxy) is 1. The summed E-state index contributed by atoms with van der Waals surface area (Å²) in [5.74, 6) is 0.750. The first kappa shape index (κ1) is 17.1. The molecule has 1 aromatic carbocycles. The summed E-state index contributed by atoms with van der Waals surface area (Å²) in [6.07, 6.45) is 6.45. The standard InChI is InChI=1S/C20H24O3/c1-14(2)6-5-7-15(3)12-13-22-18-10-8-17-9-11-19(21)23-20(17)16(18)4/h6,8-12H,5,7,13H2,1-4H3/b15-12+. The van der Waals surface area contributed by atoms with Crippen molar-refractivity contribution in [1.29, 1.82) is 0 Å². The van der Waals surface area contributed by atoms with E-state index in [-0.39, 0.29) is 5.63 Å². The molecule has 1 aromatic heterocycles. The molecule has 0 saturated heterocycles. The molecule has 0 saturated carbocycles. The van der Waals surface area contributed by atoms with Gasteiger partial charge < -0.3 is 9.15 Å². The van der Waals surface area contributed by atoms with Crippen LogP contribution in [0.15, 0.2) is 56.8 Å². The van der Waals surface area contributed by atoms with E-state index in [0.717, 1.165) is 29.5 Å². The van der Waals surface area contributed by atoms with Crippen LogP contribution in [0, 0.1) is 6.92 Å². The van der Waals surface area contributed by atoms with E-state index in [2.05, 4.69) is 32.9 Å². The molecule has 0 fully saturated rings. The Balaban J connectivity index is 2.03. The third kappa shape index (κ3) is 4.85. The van der Waals surface area contributed by atoms with E-state index in [4.69, 9.17) is 9.15 Å². The Labute approximate surface area is 137 Å². The molecule has 0 aliphatic carbocycles. The fourth-order valence-electron chi connectivity index (χ4n) is 2.37. The van der Waals surface area contributed by atoms with Gasteiger partial charge in [0.1, 0.15) is 17.9 Å². The Morgan fingerprint density at radius 3 is 2.61 bits per heavy atom. The lowest BCUT2D eigenvalue weighted by Gasteiger charge is -2.09. The van der Waals surface area contributed by atoms with Crippen molar-refractivity contribution in [2.24, 2.45) is 0 Å². The maximum Gasteiger partial charge on any atom is 0.336 e. The van der Waals surface area contributed by atoms with Crippen molar-refractivity contribution in [1.82, 2.24) is 0 Å². The Morgan fingerprint density at radius 2 is 1.87 bits per heavy atom. The molecule has 0 bridgehead atoms. The van der Waals surface area contributed by atoms with Crippen molar-refractivity contribution in [3.05, 3.63) is 63.5 Å². The Kier molecular flexibility index (Phi) is 5.80. The molecule has 0 N–H and O–H groups in total. The molecular formula is C20H24O3. The highest BCUT2D eigenvalue weighted by atomic mass is 16.5. The number of benzene rings is 1. The van der Waals surface area contributed by atoms with E-state index in [9.17, 15) is 4.79 Å². The van der Waals surface area contributed by atoms with Crippen LogP contribution in [0.2, 0.25) is 0 Å². The van der Waals surface area contributed by atoms with E-state index >= 15 is 0 Å². The zero-order valence-corrected chi connectivity index (χ0v) is 14.3. The molecule has 0 unspecified atom stereocenters. The summed E-state index contributed by atoms with van der Waals surface area (Å²) in [5.41, 5.74) is 3.78. The van der Waals surface area contributed by atoms with Crippen LogP contribution in [0.5, 0.6) is 5.75 Å². The first-order chi connectivity index (χ1) is 11.0. The highest BCUT2D eigenvalue weighted by molar-refractivity contribution is 5.81. The van der Waals surface area contributed by atoms with E-state index < -0.39 is 0 Å². The van der Waals surface area contributed by atoms with Crippen LogP contribution >= 0.6 is 0 Å². The molecule has 0 radical (unpaired) electrons. The molecular weight excluding hydrogens is 288 g/mol. The van der Waals surface area contributed by atoms with Gasteiger partial charge in [0.2, 0.25) is 0 Å². The van der Waals surface area contributed by atoms with Crippen LogP contribution in [-0.4, -0.2) is 6.61 Å². The van der Waals surface area contributed by atoms with Crippen molar-refractivity contribution in [3.63, 3.8) is 0 Å². The lowest BCUT2D eigenvalue weighted by Crippen LogP contribution is -1.99. The van der Waals surface area contributed by atoms with Crippen LogP contribution < -0.4 is 10.4 Å². The van der Waals surface area contributed by atoms with Gasteiger partial charge >= 0.3 is 5.63 Å². The molecule has 23 heavy (non-hydrogen) atoms. The Bertz CT molecular complexity index is 790. The van der Waals surface area contributed by atoms with Crippen LogP contribution in [-0.2, 0) is 0 Å². The van der Waals surface area contributed by atoms with Gasteiger partial charge in [-0.1, -0.05) is 17.2 Å². The minimum atomic E-state index is -0.340. The van der Waals surface area contributed by atoms with Crippen molar-refractivity contribution in [2.45, 2.75) is 40.5 Å². The molecule has 122 valence electrons. The topological polar surface area (TPSA) is 39.4 Å². The summed E-state index contributed by atoms with van der Waals surface area (Å²) in [6.45, 7) is 8.77. The van der Waals surface area contributed by atoms with E-state index in [1.807, 2.05) is 19.1 Å². The molecule has 0 atom stereocenters. The lowest BCUT2D eigenvalue weighted by atomic mass is 10.1. The molecule has 2 aromatic rings. The van der Waals surface area contributed by atoms with E-state index in [0.29, 0.717) is 12.2 Å². The summed E-state index contributed by atoms with van der Waals surface area (Å²) in [6, 6.07) is 7.03. The average Bonchev–Trinajstić information content (AvgIpc) is 2.50. The molecule has 3 nitrogen and oxygen atoms in total. The van der Waals surface area contributed by atoms with Gasteiger partial charge in [0, 0.05) is 17.0 Å². The fraction of sp³-hybridized carbons (Fsp3) is 0.350. The fourth-order valence-corrected chi connectivity index (χ4v) is 2.37. The number of allylic oxidation sites excluding steroid dienone is 3. The number of fused-ring (bicyclic) bond motifs is 1. The second kappa shape index (κ2) is 7.82. The second-order valence-corrected chi connectivity index (χ2v) is 6.04. The van der Waals surface area contributed by atoms with Gasteiger partial charge in [-0.05, 0) is 64.8 Å². The highest BCUT2D eigenvalue weighted by Gasteiger charge is 2.07. The number of aryl methyl sites for hydroxylation is 1. The molecule has 0 amide bonds. The lowest BCUT2D eigenvalue weighted by molar-refractivity contribution is 0.358. The van der Waals surface area contributed by atoms with Gasteiger partial charge in [0.25, 0.3) is 0 Å². The van der Waals surface area contributed by atoms with Gasteiger partial charge in [-0.15, -0.1) is 0 Å². The van der Waals surface area contributed by atoms with Gasteiger partial charge in [-0.3, -0.25) is 0 Å². The zero-order chi connectivity index (χ0) is 16.8. The summed E-state index contributed by atoms with van der Waals surface area (Å²) >= 11 is 0. The zero-order valence-electron chi connectivity index (χ0n) is 14.3. The Hall–Kier alpha value is -2.29. The van der Waals surface area contributed by atoms with E-state index in [1.54, 1.807) is 6.07 Å². The van der Waals surface area contributed by atoms with Crippen molar-refractivity contribution in [2.75, 3.05) is 6.61 Å². The Morgan fingerprint density at radius 1 is 1.13 bits per heavy atom. The third-order valence-corrected chi connectivity index (χ3v) is 3.75. The molecule has 2 rings (SSSR count). The van der Waals surface area contributed by atoms with E-state index in [1.165, 1.54) is 17.2 Å². The maximum atomic E-state index is 11.4. The van der Waals surface area contributed by atoms with Crippen molar-refractivity contribution >= 4 is 11.0 Å². The second-order valence-electron chi connectivity index (χ2n) is 6.04. The summed E-state index contributed by atoms with van der Waals surface area (Å²) < 4.78 is 11.1. The first-order valence-electron chi connectivity index (χ1n) is 7.92. The summed E-state index contributed by atoms with van der Waals surface area (Å²) in [5, 5.41) is 0.905. The SMILES string of the molecule is CC(C)=CCC/C(C)=C/COc1ccc2ccc(=O)oc2c1C. The van der Waals surface area contributed by atoms with Crippen LogP contribution in [0.1, 0.15) is 39.2 Å². The maximum absolute atomic E-state index is 11.4. The molecule has 0 spiro atoms. The predicted molar refractivity (Wildman–Crippen MR) is 95.1 cm³/mol. The monoisotopic (exact) mass is 312 g/mol. The molecule has 0 aliphatic heterocycles. The first-order valence-corrected chi connectivity index (χ1v) is 7.92. The van der Waals surface area contributed by atoms with Crippen molar-refractivity contribution < 1.29 is 9.15 Å². The number of hydrogen-bond acceptors (Lipinski definition) is 3. The molecule has 1 heterocycles. The molecule has 0 aliphatic rings. The summed E-state index contributed by atoms with van der Waals surface area (Å²) in [4.78, 5) is 11.4. The predicted octanol–water partition coefficient (Wildman–Crippen LogP) is 5.17. The van der Waals surface area contributed by atoms with Crippen molar-refractivity contribution in [3.8, 4) is 5.75 Å². The quantitative estimate of drug-likeness (QED) is 0.545. The number of rotatable bonds is 6. The summed E-state index contributed by atoms with van der Waals surface area (Å²) in [7, 11) is 0. The minimum absolute atomic E-state index is 0.340. The van der Waals surface area contributed by atoms with Gasteiger partial charge in [-0.2, -0.15) is 0 Å². The van der Waals surface area contributed by atoms with Gasteiger partial charge in [-0.25, -0.2) is 4.79 Å². The molecule has 3 heteroatoms. The smallest absolute Gasteiger partial charge is 0.336 e.